The maximum atomic E-state index is 13.5. The van der Waals surface area contributed by atoms with Gasteiger partial charge in [0, 0.05) is 26.3 Å². The van der Waals surface area contributed by atoms with Gasteiger partial charge in [-0.2, -0.15) is 13.2 Å². The fourth-order valence-corrected chi connectivity index (χ4v) is 5.52. The van der Waals surface area contributed by atoms with Crippen molar-refractivity contribution in [2.75, 3.05) is 7.11 Å². The van der Waals surface area contributed by atoms with Gasteiger partial charge in [0.1, 0.15) is 5.25 Å². The Labute approximate surface area is 191 Å². The highest BCUT2D eigenvalue weighted by atomic mass is 32.2. The van der Waals surface area contributed by atoms with E-state index in [9.17, 15) is 18.0 Å². The normalized spacial score (nSPS) is 12.6. The molecule has 0 saturated carbocycles. The van der Waals surface area contributed by atoms with E-state index < -0.39 is 23.0 Å². The number of methoxy groups -OCH3 is 1. The Bertz CT molecular complexity index is 1220. The molecule has 1 atom stereocenters. The van der Waals surface area contributed by atoms with Gasteiger partial charge in [-0.3, -0.25) is 4.79 Å². The van der Waals surface area contributed by atoms with E-state index >= 15 is 0 Å². The Morgan fingerprint density at radius 3 is 2.16 bits per heavy atom. The Balaban J connectivity index is 1.90. The van der Waals surface area contributed by atoms with Gasteiger partial charge >= 0.3 is 12.1 Å². The lowest BCUT2D eigenvalue weighted by Crippen LogP contribution is -2.12. The highest BCUT2D eigenvalue weighted by Gasteiger charge is 2.34. The molecule has 4 aromatic rings. The summed E-state index contributed by atoms with van der Waals surface area (Å²) >= 11 is 2.61. The Hall–Kier alpha value is -2.84. The molecular weight excluding hydrogens is 455 g/mol. The Morgan fingerprint density at radius 2 is 1.56 bits per heavy atom. The SMILES string of the molecule is COC(=O)C(Sc1ccccc1)c1c(Sc2ccccc2)[nH]c2ccc(C(F)(F)F)cc12. The van der Waals surface area contributed by atoms with Crippen LogP contribution in [0, 0.1) is 0 Å². The number of thioether (sulfide) groups is 1. The lowest BCUT2D eigenvalue weighted by Gasteiger charge is -2.16. The third kappa shape index (κ3) is 4.81. The number of fused-ring (bicyclic) bond motifs is 1. The summed E-state index contributed by atoms with van der Waals surface area (Å²) in [4.78, 5) is 17.8. The summed E-state index contributed by atoms with van der Waals surface area (Å²) < 4.78 is 45.4. The zero-order valence-electron chi connectivity index (χ0n) is 16.8. The smallest absolute Gasteiger partial charge is 0.416 e. The number of carbonyl (C=O) groups excluding carboxylic acids is 1. The average Bonchev–Trinajstić information content (AvgIpc) is 3.14. The maximum absolute atomic E-state index is 13.5. The van der Waals surface area contributed by atoms with Gasteiger partial charge in [0.05, 0.1) is 17.7 Å². The molecule has 0 aliphatic heterocycles. The summed E-state index contributed by atoms with van der Waals surface area (Å²) in [6, 6.07) is 22.2. The van der Waals surface area contributed by atoms with Crippen LogP contribution >= 0.6 is 23.5 Å². The molecule has 1 heterocycles. The predicted molar refractivity (Wildman–Crippen MR) is 121 cm³/mol. The van der Waals surface area contributed by atoms with Gasteiger partial charge in [0.2, 0.25) is 0 Å². The number of H-pyrrole nitrogens is 1. The van der Waals surface area contributed by atoms with Gasteiger partial charge in [0.25, 0.3) is 0 Å². The molecule has 0 bridgehead atoms. The van der Waals surface area contributed by atoms with Crippen LogP contribution in [0.15, 0.2) is 93.7 Å². The van der Waals surface area contributed by atoms with Crippen molar-refractivity contribution in [2.45, 2.75) is 26.2 Å². The van der Waals surface area contributed by atoms with Crippen molar-refractivity contribution >= 4 is 40.4 Å². The second-order valence-corrected chi connectivity index (χ2v) is 9.14. The van der Waals surface area contributed by atoms with Crippen molar-refractivity contribution in [1.82, 2.24) is 4.98 Å². The lowest BCUT2D eigenvalue weighted by atomic mass is 10.1. The monoisotopic (exact) mass is 473 g/mol. The molecule has 0 amide bonds. The van der Waals surface area contributed by atoms with Crippen molar-refractivity contribution < 1.29 is 22.7 Å². The van der Waals surface area contributed by atoms with E-state index in [1.807, 2.05) is 60.7 Å². The molecule has 0 fully saturated rings. The van der Waals surface area contributed by atoms with E-state index in [2.05, 4.69) is 4.98 Å². The molecule has 1 N–H and O–H groups in total. The van der Waals surface area contributed by atoms with Gasteiger partial charge < -0.3 is 9.72 Å². The van der Waals surface area contributed by atoms with Gasteiger partial charge in [-0.25, -0.2) is 0 Å². The van der Waals surface area contributed by atoms with Gasteiger partial charge in [-0.1, -0.05) is 48.2 Å². The second-order valence-electron chi connectivity index (χ2n) is 6.88. The van der Waals surface area contributed by atoms with E-state index in [-0.39, 0.29) is 0 Å². The molecule has 32 heavy (non-hydrogen) atoms. The van der Waals surface area contributed by atoms with E-state index in [0.29, 0.717) is 21.5 Å². The lowest BCUT2D eigenvalue weighted by molar-refractivity contribution is -0.140. The topological polar surface area (TPSA) is 42.1 Å². The van der Waals surface area contributed by atoms with Crippen molar-refractivity contribution in [3.8, 4) is 0 Å². The number of alkyl halides is 3. The summed E-state index contributed by atoms with van der Waals surface area (Å²) in [5, 5.41) is 0.0901. The fourth-order valence-electron chi connectivity index (χ4n) is 3.28. The first-order chi connectivity index (χ1) is 15.4. The zero-order chi connectivity index (χ0) is 22.7. The predicted octanol–water partition coefficient (Wildman–Crippen LogP) is 7.34. The van der Waals surface area contributed by atoms with Crippen LogP contribution < -0.4 is 0 Å². The summed E-state index contributed by atoms with van der Waals surface area (Å²) in [6.07, 6.45) is -4.50. The van der Waals surface area contributed by atoms with Crippen molar-refractivity contribution in [1.29, 1.82) is 0 Å². The molecule has 4 rings (SSSR count). The number of rotatable bonds is 6. The van der Waals surface area contributed by atoms with Crippen molar-refractivity contribution in [2.24, 2.45) is 0 Å². The first-order valence-corrected chi connectivity index (χ1v) is 11.3. The maximum Gasteiger partial charge on any atom is 0.416 e. The van der Waals surface area contributed by atoms with Crippen molar-refractivity contribution in [3.63, 3.8) is 0 Å². The number of halogens is 3. The van der Waals surface area contributed by atoms with Gasteiger partial charge in [-0.15, -0.1) is 11.8 Å². The molecule has 1 aromatic heterocycles. The number of aromatic nitrogens is 1. The molecular formula is C24H18F3NO2S2. The van der Waals surface area contributed by atoms with E-state index in [0.717, 1.165) is 21.9 Å². The number of hydrogen-bond donors (Lipinski definition) is 1. The fraction of sp³-hybridized carbons (Fsp3) is 0.125. The van der Waals surface area contributed by atoms with Crippen molar-refractivity contribution in [3.05, 3.63) is 90.0 Å². The third-order valence-electron chi connectivity index (χ3n) is 4.77. The van der Waals surface area contributed by atoms with E-state index in [4.69, 9.17) is 4.74 Å². The third-order valence-corrected chi connectivity index (χ3v) is 7.01. The second kappa shape index (κ2) is 9.34. The van der Waals surface area contributed by atoms with Crippen LogP contribution in [0.25, 0.3) is 10.9 Å². The van der Waals surface area contributed by atoms with Crippen LogP contribution in [-0.2, 0) is 15.7 Å². The molecule has 0 radical (unpaired) electrons. The van der Waals surface area contributed by atoms with Gasteiger partial charge in [-0.05, 0) is 42.5 Å². The zero-order valence-corrected chi connectivity index (χ0v) is 18.5. The summed E-state index contributed by atoms with van der Waals surface area (Å²) in [7, 11) is 1.28. The van der Waals surface area contributed by atoms with Gasteiger partial charge in [0.15, 0.2) is 0 Å². The minimum Gasteiger partial charge on any atom is -0.468 e. The summed E-state index contributed by atoms with van der Waals surface area (Å²) in [6.45, 7) is 0. The standard InChI is InChI=1S/C24H18F3NO2S2/c1-30-23(29)21(31-16-8-4-2-5-9-16)20-18-14-15(24(25,26)27)12-13-19(18)28-22(20)32-17-10-6-3-7-11-17/h2-14,21,28H,1H3. The number of benzene rings is 3. The summed E-state index contributed by atoms with van der Waals surface area (Å²) in [5.74, 6) is -0.535. The highest BCUT2D eigenvalue weighted by molar-refractivity contribution is 8.00. The molecule has 0 spiro atoms. The molecule has 3 aromatic carbocycles. The Kier molecular flexibility index (Phi) is 6.53. The van der Waals surface area contributed by atoms with Crippen LogP contribution in [-0.4, -0.2) is 18.1 Å². The molecule has 164 valence electrons. The van der Waals surface area contributed by atoms with Crippen LogP contribution in [0.3, 0.4) is 0 Å². The molecule has 0 saturated heterocycles. The number of carbonyl (C=O) groups is 1. The molecule has 0 aliphatic carbocycles. The Morgan fingerprint density at radius 1 is 0.938 bits per heavy atom. The number of hydrogen-bond acceptors (Lipinski definition) is 4. The summed E-state index contributed by atoms with van der Waals surface area (Å²) in [5.41, 5.74) is 0.226. The number of nitrogens with one attached hydrogen (secondary N) is 1. The molecule has 8 heteroatoms. The number of aromatic amines is 1. The highest BCUT2D eigenvalue weighted by Crippen LogP contribution is 2.46. The number of esters is 1. The van der Waals surface area contributed by atoms with Crippen LogP contribution in [0.1, 0.15) is 16.4 Å². The quantitative estimate of drug-likeness (QED) is 0.235. The van der Waals surface area contributed by atoms with E-state index in [1.165, 1.54) is 36.7 Å². The molecule has 1 unspecified atom stereocenters. The van der Waals surface area contributed by atoms with E-state index in [1.54, 1.807) is 0 Å². The van der Waals surface area contributed by atoms with Crippen LogP contribution in [0.5, 0.6) is 0 Å². The van der Waals surface area contributed by atoms with Crippen LogP contribution in [0.2, 0.25) is 0 Å². The molecule has 3 nitrogen and oxygen atoms in total. The molecule has 0 aliphatic rings. The van der Waals surface area contributed by atoms with Crippen LogP contribution in [0.4, 0.5) is 13.2 Å². The minimum atomic E-state index is -4.50. The first-order valence-electron chi connectivity index (χ1n) is 9.62. The largest absolute Gasteiger partial charge is 0.468 e. The first kappa shape index (κ1) is 22.4. The number of ether oxygens (including phenoxy) is 1. The average molecular weight is 474 g/mol. The minimum absolute atomic E-state index is 0.345.